The minimum Gasteiger partial charge on any atom is -0.309 e. The lowest BCUT2D eigenvalue weighted by Gasteiger charge is -2.13. The van der Waals surface area contributed by atoms with Crippen LogP contribution in [0.2, 0.25) is 0 Å². The highest BCUT2D eigenvalue weighted by molar-refractivity contribution is 7.05. The summed E-state index contributed by atoms with van der Waals surface area (Å²) in [5.74, 6) is 0. The summed E-state index contributed by atoms with van der Waals surface area (Å²) in [7, 11) is 1.92. The van der Waals surface area contributed by atoms with E-state index in [1.807, 2.05) is 20.9 Å². The van der Waals surface area contributed by atoms with Crippen LogP contribution < -0.4 is 5.32 Å². The van der Waals surface area contributed by atoms with Crippen LogP contribution in [0, 0.1) is 6.92 Å². The first-order chi connectivity index (χ1) is 5.66. The number of aromatic nitrogens is 2. The first-order valence-corrected chi connectivity index (χ1v) is 4.55. The third kappa shape index (κ3) is 1.70. The van der Waals surface area contributed by atoms with Gasteiger partial charge in [0.15, 0.2) is 0 Å². The Morgan fingerprint density at radius 3 is 2.67 bits per heavy atom. The molecule has 0 aliphatic rings. The van der Waals surface area contributed by atoms with Crippen LogP contribution in [0.15, 0.2) is 12.2 Å². The van der Waals surface area contributed by atoms with E-state index in [0.717, 1.165) is 16.1 Å². The van der Waals surface area contributed by atoms with Crippen LogP contribution in [0.25, 0.3) is 0 Å². The Morgan fingerprint density at radius 2 is 2.33 bits per heavy atom. The smallest absolute Gasteiger partial charge is 0.0776 e. The van der Waals surface area contributed by atoms with Gasteiger partial charge in [-0.25, -0.2) is 0 Å². The van der Waals surface area contributed by atoms with E-state index in [-0.39, 0.29) is 6.04 Å². The summed E-state index contributed by atoms with van der Waals surface area (Å²) in [6, 6.07) is 0.199. The summed E-state index contributed by atoms with van der Waals surface area (Å²) in [5.41, 5.74) is 2.08. The van der Waals surface area contributed by atoms with Gasteiger partial charge in [0.25, 0.3) is 0 Å². The molecular weight excluding hydrogens is 170 g/mol. The molecule has 1 aromatic rings. The minimum atomic E-state index is 0.199. The van der Waals surface area contributed by atoms with E-state index >= 15 is 0 Å². The molecule has 0 fully saturated rings. The SMILES string of the molecule is C=C(C)C(NC)c1snnc1C. The number of hydrogen-bond acceptors (Lipinski definition) is 4. The molecule has 1 rings (SSSR count). The summed E-state index contributed by atoms with van der Waals surface area (Å²) in [5, 5.41) is 7.13. The number of nitrogens with one attached hydrogen (secondary N) is 1. The molecule has 0 saturated carbocycles. The van der Waals surface area contributed by atoms with Crippen LogP contribution >= 0.6 is 11.5 Å². The Balaban J connectivity index is 2.94. The number of likely N-dealkylation sites (N-methyl/N-ethyl adjacent to an activating group) is 1. The molecule has 1 unspecified atom stereocenters. The topological polar surface area (TPSA) is 37.8 Å². The number of aryl methyl sites for hydroxylation is 1. The van der Waals surface area contributed by atoms with E-state index in [0.29, 0.717) is 0 Å². The maximum atomic E-state index is 3.96. The largest absolute Gasteiger partial charge is 0.309 e. The third-order valence-corrected chi connectivity index (χ3v) is 2.62. The zero-order chi connectivity index (χ0) is 9.14. The maximum absolute atomic E-state index is 3.96. The van der Waals surface area contributed by atoms with E-state index in [2.05, 4.69) is 21.5 Å². The average molecular weight is 183 g/mol. The van der Waals surface area contributed by atoms with E-state index in [1.54, 1.807) is 0 Å². The van der Waals surface area contributed by atoms with Gasteiger partial charge >= 0.3 is 0 Å². The number of hydrogen-bond donors (Lipinski definition) is 1. The van der Waals surface area contributed by atoms with Gasteiger partial charge in [0, 0.05) is 0 Å². The van der Waals surface area contributed by atoms with Crippen LogP contribution in [0.5, 0.6) is 0 Å². The molecule has 0 aromatic carbocycles. The van der Waals surface area contributed by atoms with Crippen LogP contribution in [0.3, 0.4) is 0 Å². The van der Waals surface area contributed by atoms with Crippen molar-refractivity contribution < 1.29 is 0 Å². The number of rotatable bonds is 3. The molecule has 0 amide bonds. The molecule has 1 atom stereocenters. The van der Waals surface area contributed by atoms with Crippen LogP contribution in [-0.4, -0.2) is 16.6 Å². The standard InChI is InChI=1S/C8H13N3S/c1-5(2)7(9-4)8-6(3)10-11-12-8/h7,9H,1H2,2-4H3. The molecule has 0 saturated heterocycles. The molecule has 0 aliphatic carbocycles. The van der Waals surface area contributed by atoms with Crippen LogP contribution in [-0.2, 0) is 0 Å². The van der Waals surface area contributed by atoms with Gasteiger partial charge in [-0.15, -0.1) is 5.10 Å². The second kappa shape index (κ2) is 3.78. The molecule has 3 nitrogen and oxygen atoms in total. The van der Waals surface area contributed by atoms with E-state index in [9.17, 15) is 0 Å². The van der Waals surface area contributed by atoms with Gasteiger partial charge in [-0.05, 0) is 32.4 Å². The van der Waals surface area contributed by atoms with Gasteiger partial charge in [0.2, 0.25) is 0 Å². The lowest BCUT2D eigenvalue weighted by Crippen LogP contribution is -2.16. The summed E-state index contributed by atoms with van der Waals surface area (Å²) in [6.45, 7) is 7.88. The third-order valence-electron chi connectivity index (χ3n) is 1.73. The highest BCUT2D eigenvalue weighted by Crippen LogP contribution is 2.24. The Labute approximate surface area is 76.7 Å². The summed E-state index contributed by atoms with van der Waals surface area (Å²) < 4.78 is 3.88. The lowest BCUT2D eigenvalue weighted by molar-refractivity contribution is 0.685. The summed E-state index contributed by atoms with van der Waals surface area (Å²) >= 11 is 1.43. The van der Waals surface area contributed by atoms with Gasteiger partial charge in [0.05, 0.1) is 16.6 Å². The normalized spacial score (nSPS) is 12.9. The second-order valence-corrected chi connectivity index (χ2v) is 3.58. The molecule has 12 heavy (non-hydrogen) atoms. The number of nitrogens with zero attached hydrogens (tertiary/aromatic N) is 2. The maximum Gasteiger partial charge on any atom is 0.0776 e. The van der Waals surface area contributed by atoms with E-state index < -0.39 is 0 Å². The molecule has 4 heteroatoms. The van der Waals surface area contributed by atoms with Gasteiger partial charge in [-0.1, -0.05) is 16.6 Å². The van der Waals surface area contributed by atoms with Crippen LogP contribution in [0.1, 0.15) is 23.5 Å². The molecular formula is C8H13N3S. The Hall–Kier alpha value is -0.740. The Bertz CT molecular complexity index is 280. The van der Waals surface area contributed by atoms with Gasteiger partial charge in [-0.3, -0.25) is 0 Å². The predicted octanol–water partition coefficient (Wildman–Crippen LogP) is 1.68. The molecule has 0 radical (unpaired) electrons. The molecule has 66 valence electrons. The molecule has 0 spiro atoms. The van der Waals surface area contributed by atoms with Crippen molar-refractivity contribution in [3.8, 4) is 0 Å². The van der Waals surface area contributed by atoms with Crippen molar-refractivity contribution in [2.24, 2.45) is 0 Å². The quantitative estimate of drug-likeness (QED) is 0.724. The highest BCUT2D eigenvalue weighted by Gasteiger charge is 2.15. The fourth-order valence-electron chi connectivity index (χ4n) is 1.10. The van der Waals surface area contributed by atoms with Crippen molar-refractivity contribution in [3.63, 3.8) is 0 Å². The van der Waals surface area contributed by atoms with Crippen molar-refractivity contribution in [2.45, 2.75) is 19.9 Å². The first-order valence-electron chi connectivity index (χ1n) is 3.78. The molecule has 0 aliphatic heterocycles. The summed E-state index contributed by atoms with van der Waals surface area (Å²) in [6.07, 6.45) is 0. The lowest BCUT2D eigenvalue weighted by atomic mass is 10.1. The average Bonchev–Trinajstić information content (AvgIpc) is 2.38. The van der Waals surface area contributed by atoms with Gasteiger partial charge in [-0.2, -0.15) is 0 Å². The Kier molecular flexibility index (Phi) is 2.94. The van der Waals surface area contributed by atoms with Crippen LogP contribution in [0.4, 0.5) is 0 Å². The fourth-order valence-corrected chi connectivity index (χ4v) is 1.95. The zero-order valence-corrected chi connectivity index (χ0v) is 8.40. The summed E-state index contributed by atoms with van der Waals surface area (Å²) in [4.78, 5) is 1.16. The molecule has 1 heterocycles. The van der Waals surface area contributed by atoms with Gasteiger partial charge in [0.1, 0.15) is 0 Å². The van der Waals surface area contributed by atoms with Crippen molar-refractivity contribution in [3.05, 3.63) is 22.7 Å². The van der Waals surface area contributed by atoms with Crippen molar-refractivity contribution in [1.29, 1.82) is 0 Å². The van der Waals surface area contributed by atoms with Crippen molar-refractivity contribution in [2.75, 3.05) is 7.05 Å². The van der Waals surface area contributed by atoms with Crippen molar-refractivity contribution in [1.82, 2.24) is 14.9 Å². The van der Waals surface area contributed by atoms with E-state index in [1.165, 1.54) is 11.5 Å². The second-order valence-electron chi connectivity index (χ2n) is 2.79. The highest BCUT2D eigenvalue weighted by atomic mass is 32.1. The van der Waals surface area contributed by atoms with E-state index in [4.69, 9.17) is 0 Å². The molecule has 1 N–H and O–H groups in total. The fraction of sp³-hybridized carbons (Fsp3) is 0.500. The first kappa shape index (κ1) is 9.35. The Morgan fingerprint density at radius 1 is 1.67 bits per heavy atom. The zero-order valence-electron chi connectivity index (χ0n) is 7.59. The molecule has 1 aromatic heterocycles. The monoisotopic (exact) mass is 183 g/mol. The minimum absolute atomic E-state index is 0.199. The van der Waals surface area contributed by atoms with Gasteiger partial charge < -0.3 is 5.32 Å². The van der Waals surface area contributed by atoms with Crippen molar-refractivity contribution >= 4 is 11.5 Å². The molecule has 0 bridgehead atoms. The predicted molar refractivity (Wildman–Crippen MR) is 51.3 cm³/mol.